The number of likely N-dealkylation sites (N-methyl/N-ethyl adjacent to an activating group) is 1. The second-order valence-corrected chi connectivity index (χ2v) is 11.4. The smallest absolute Gasteiger partial charge is 0.245 e. The number of carbonyl (C=O) groups excluding carboxylic acids is 1. The van der Waals surface area contributed by atoms with E-state index in [0.717, 1.165) is 12.5 Å². The highest BCUT2D eigenvalue weighted by Gasteiger charge is 2.49. The van der Waals surface area contributed by atoms with Crippen LogP contribution in [0.2, 0.25) is 5.02 Å². The summed E-state index contributed by atoms with van der Waals surface area (Å²) in [5.41, 5.74) is -0.588. The number of phenols is 1. The number of benzene rings is 2. The number of amides is 1. The van der Waals surface area contributed by atoms with Gasteiger partial charge in [0, 0.05) is 61.7 Å². The Morgan fingerprint density at radius 3 is 2.59 bits per heavy atom. The maximum Gasteiger partial charge on any atom is 0.245 e. The van der Waals surface area contributed by atoms with Gasteiger partial charge in [0.25, 0.3) is 0 Å². The molecule has 0 unspecified atom stereocenters. The van der Waals surface area contributed by atoms with Crippen molar-refractivity contribution >= 4 is 40.2 Å². The van der Waals surface area contributed by atoms with Gasteiger partial charge in [-0.15, -0.1) is 0 Å². The molecular formula is C28H29ClF2N6O2. The first kappa shape index (κ1) is 25.8. The number of aromatic hydroxyl groups is 1. The number of hydrogen-bond donors (Lipinski definition) is 1. The van der Waals surface area contributed by atoms with Crippen LogP contribution in [0.3, 0.4) is 0 Å². The highest BCUT2D eigenvalue weighted by molar-refractivity contribution is 6.34. The number of nitrogens with zero attached hydrogens (tertiary/aromatic N) is 6. The number of carbonyl (C=O) groups is 1. The molecule has 11 heteroatoms. The molecule has 3 aliphatic heterocycles. The van der Waals surface area contributed by atoms with Crippen LogP contribution in [0.1, 0.15) is 6.42 Å². The molecule has 0 aliphatic carbocycles. The van der Waals surface area contributed by atoms with Gasteiger partial charge in [-0.2, -0.15) is 4.98 Å². The Balaban J connectivity index is 1.45. The molecule has 3 aliphatic rings. The van der Waals surface area contributed by atoms with E-state index in [-0.39, 0.29) is 33.0 Å². The first-order valence-corrected chi connectivity index (χ1v) is 13.2. The maximum atomic E-state index is 16.3. The lowest BCUT2D eigenvalue weighted by Crippen LogP contribution is -2.59. The van der Waals surface area contributed by atoms with E-state index in [4.69, 9.17) is 16.6 Å². The van der Waals surface area contributed by atoms with Crippen molar-refractivity contribution in [2.24, 2.45) is 5.41 Å². The highest BCUT2D eigenvalue weighted by atomic mass is 35.5. The first-order valence-electron chi connectivity index (χ1n) is 12.9. The van der Waals surface area contributed by atoms with Crippen molar-refractivity contribution in [3.63, 3.8) is 0 Å². The van der Waals surface area contributed by atoms with Crippen molar-refractivity contribution in [3.05, 3.63) is 53.6 Å². The van der Waals surface area contributed by atoms with Crippen molar-refractivity contribution < 1.29 is 18.7 Å². The zero-order valence-corrected chi connectivity index (χ0v) is 22.5. The normalized spacial score (nSPS) is 18.7. The third kappa shape index (κ3) is 4.17. The number of aromatic nitrogens is 2. The van der Waals surface area contributed by atoms with E-state index in [1.54, 1.807) is 11.0 Å². The lowest BCUT2D eigenvalue weighted by Gasteiger charge is -2.47. The molecule has 4 heterocycles. The molecule has 0 radical (unpaired) electrons. The Morgan fingerprint density at radius 2 is 1.92 bits per heavy atom. The van der Waals surface area contributed by atoms with Gasteiger partial charge in [-0.05, 0) is 44.8 Å². The number of rotatable bonds is 5. The van der Waals surface area contributed by atoms with E-state index in [1.807, 2.05) is 19.0 Å². The molecule has 204 valence electrons. The lowest BCUT2D eigenvalue weighted by atomic mass is 9.79. The van der Waals surface area contributed by atoms with Gasteiger partial charge in [0.05, 0.1) is 10.6 Å². The average Bonchev–Trinajstić information content (AvgIpc) is 3.29. The van der Waals surface area contributed by atoms with Gasteiger partial charge in [0.1, 0.15) is 22.9 Å². The number of hydrogen-bond acceptors (Lipinski definition) is 7. The summed E-state index contributed by atoms with van der Waals surface area (Å²) < 4.78 is 31.1. The molecule has 0 saturated carbocycles. The van der Waals surface area contributed by atoms with Crippen LogP contribution in [0.25, 0.3) is 22.0 Å². The van der Waals surface area contributed by atoms with Gasteiger partial charge >= 0.3 is 0 Å². The minimum Gasteiger partial charge on any atom is -0.507 e. The molecule has 1 aromatic heterocycles. The number of fused-ring (bicyclic) bond motifs is 1. The molecule has 1 N–H and O–H groups in total. The van der Waals surface area contributed by atoms with E-state index in [0.29, 0.717) is 62.5 Å². The predicted molar refractivity (Wildman–Crippen MR) is 147 cm³/mol. The molecule has 39 heavy (non-hydrogen) atoms. The Labute approximate surface area is 230 Å². The van der Waals surface area contributed by atoms with Crippen LogP contribution in [0.4, 0.5) is 20.5 Å². The molecule has 3 fully saturated rings. The average molecular weight is 555 g/mol. The summed E-state index contributed by atoms with van der Waals surface area (Å²) in [5, 5.41) is 10.8. The fraction of sp³-hybridized carbons (Fsp3) is 0.393. The SMILES string of the molecule is C=CC(=O)N1CC2(CCN(c3nc(N4CC(N(C)C)C4)nc4c(F)c(-c5c(O)cccc5F)c(Cl)cc34)C2)C1. The lowest BCUT2D eigenvalue weighted by molar-refractivity contribution is -0.136. The molecule has 3 aromatic rings. The van der Waals surface area contributed by atoms with Crippen molar-refractivity contribution in [2.45, 2.75) is 12.5 Å². The molecule has 3 saturated heterocycles. The van der Waals surface area contributed by atoms with Crippen LogP contribution in [0, 0.1) is 17.0 Å². The molecule has 2 aromatic carbocycles. The van der Waals surface area contributed by atoms with Gasteiger partial charge in [0.15, 0.2) is 5.82 Å². The summed E-state index contributed by atoms with van der Waals surface area (Å²) >= 11 is 6.56. The molecule has 1 amide bonds. The quantitative estimate of drug-likeness (QED) is 0.479. The molecule has 0 atom stereocenters. The summed E-state index contributed by atoms with van der Waals surface area (Å²) in [6.45, 7) is 7.54. The minimum absolute atomic E-state index is 0.0170. The molecule has 1 spiro atoms. The van der Waals surface area contributed by atoms with Crippen molar-refractivity contribution in [2.75, 3.05) is 63.2 Å². The first-order chi connectivity index (χ1) is 18.6. The van der Waals surface area contributed by atoms with Crippen LogP contribution in [0.15, 0.2) is 36.9 Å². The Morgan fingerprint density at radius 1 is 1.18 bits per heavy atom. The minimum atomic E-state index is -0.812. The Kier molecular flexibility index (Phi) is 6.15. The second-order valence-electron chi connectivity index (χ2n) is 11.0. The molecule has 8 nitrogen and oxygen atoms in total. The standard InChI is InChI=1S/C28H29ClF2N6O2/c1-4-21(39)37-14-28(15-37)8-9-35(13-28)26-17-10-18(29)22(23-19(30)6-5-7-20(23)38)24(31)25(17)32-27(33-26)36-11-16(12-36)34(2)3/h4-7,10,16,38H,1,8-9,11-15H2,2-3H3. The number of halogens is 3. The fourth-order valence-corrected chi connectivity index (χ4v) is 6.19. The summed E-state index contributed by atoms with van der Waals surface area (Å²) in [7, 11) is 4.01. The van der Waals surface area contributed by atoms with Crippen LogP contribution >= 0.6 is 11.6 Å². The predicted octanol–water partition coefficient (Wildman–Crippen LogP) is 3.91. The Bertz CT molecular complexity index is 1480. The topological polar surface area (TPSA) is 76.0 Å². The maximum absolute atomic E-state index is 16.3. The van der Waals surface area contributed by atoms with Crippen LogP contribution in [-0.2, 0) is 4.79 Å². The van der Waals surface area contributed by atoms with E-state index < -0.39 is 17.4 Å². The molecular weight excluding hydrogens is 526 g/mol. The third-order valence-corrected chi connectivity index (χ3v) is 8.54. The van der Waals surface area contributed by atoms with E-state index in [1.165, 1.54) is 18.2 Å². The van der Waals surface area contributed by atoms with Crippen LogP contribution < -0.4 is 9.80 Å². The largest absolute Gasteiger partial charge is 0.507 e. The third-order valence-electron chi connectivity index (χ3n) is 8.24. The number of anilines is 2. The summed E-state index contributed by atoms with van der Waals surface area (Å²) in [5.74, 6) is -1.15. The zero-order chi connectivity index (χ0) is 27.6. The van der Waals surface area contributed by atoms with E-state index >= 15 is 4.39 Å². The van der Waals surface area contributed by atoms with E-state index in [2.05, 4.69) is 21.4 Å². The van der Waals surface area contributed by atoms with Crippen molar-refractivity contribution in [1.82, 2.24) is 19.8 Å². The number of phenolic OH excluding ortho intramolecular Hbond substituents is 1. The summed E-state index contributed by atoms with van der Waals surface area (Å²) in [4.78, 5) is 29.5. The van der Waals surface area contributed by atoms with Crippen LogP contribution in [-0.4, -0.2) is 90.2 Å². The molecule has 0 bridgehead atoms. The van der Waals surface area contributed by atoms with Gasteiger partial charge in [0.2, 0.25) is 11.9 Å². The van der Waals surface area contributed by atoms with Gasteiger partial charge in [-0.3, -0.25) is 4.79 Å². The highest BCUT2D eigenvalue weighted by Crippen LogP contribution is 2.46. The van der Waals surface area contributed by atoms with Crippen LogP contribution in [0.5, 0.6) is 5.75 Å². The number of likely N-dealkylation sites (tertiary alicyclic amines) is 1. The van der Waals surface area contributed by atoms with E-state index in [9.17, 15) is 14.3 Å². The van der Waals surface area contributed by atoms with Crippen molar-refractivity contribution in [1.29, 1.82) is 0 Å². The Hall–Kier alpha value is -3.50. The summed E-state index contributed by atoms with van der Waals surface area (Å²) in [6.07, 6.45) is 2.19. The van der Waals surface area contributed by atoms with Crippen molar-refractivity contribution in [3.8, 4) is 16.9 Å². The monoisotopic (exact) mass is 554 g/mol. The molecule has 6 rings (SSSR count). The zero-order valence-electron chi connectivity index (χ0n) is 21.8. The fourth-order valence-electron chi connectivity index (χ4n) is 5.91. The van der Waals surface area contributed by atoms with Gasteiger partial charge in [-0.1, -0.05) is 24.2 Å². The second kappa shape index (κ2) is 9.31. The summed E-state index contributed by atoms with van der Waals surface area (Å²) in [6, 6.07) is 5.66. The van der Waals surface area contributed by atoms with Gasteiger partial charge in [-0.25, -0.2) is 13.8 Å². The van der Waals surface area contributed by atoms with Gasteiger partial charge < -0.3 is 24.7 Å².